The van der Waals surface area contributed by atoms with Crippen LogP contribution in [0.3, 0.4) is 0 Å². The Morgan fingerprint density at radius 1 is 1.21 bits per heavy atom. The Bertz CT molecular complexity index is 547. The van der Waals surface area contributed by atoms with Crippen LogP contribution in [0.1, 0.15) is 20.8 Å². The Hall–Kier alpha value is -1.83. The van der Waals surface area contributed by atoms with E-state index in [0.717, 1.165) is 0 Å². The van der Waals surface area contributed by atoms with E-state index < -0.39 is 22.2 Å². The first kappa shape index (κ1) is 15.2. The van der Waals surface area contributed by atoms with Crippen molar-refractivity contribution in [2.75, 3.05) is 5.32 Å². The summed E-state index contributed by atoms with van der Waals surface area (Å²) in [6, 6.07) is 5.10. The summed E-state index contributed by atoms with van der Waals surface area (Å²) in [5.74, 6) is -0.197. The van der Waals surface area contributed by atoms with Crippen LogP contribution < -0.4 is 9.50 Å². The largest absolute Gasteiger partial charge is 0.488 e. The fourth-order valence-electron chi connectivity index (χ4n) is 1.13. The summed E-state index contributed by atoms with van der Waals surface area (Å²) in [6.07, 6.45) is -0.653. The van der Waals surface area contributed by atoms with Crippen LogP contribution in [0.25, 0.3) is 0 Å². The molecule has 1 amide bonds. The van der Waals surface area contributed by atoms with Crippen molar-refractivity contribution in [1.29, 1.82) is 0 Å². The molecule has 0 unspecified atom stereocenters. The zero-order valence-corrected chi connectivity index (χ0v) is 11.5. The van der Waals surface area contributed by atoms with E-state index in [1.807, 2.05) is 0 Å². The van der Waals surface area contributed by atoms with Gasteiger partial charge < -0.3 is 8.92 Å². The molecule has 0 aliphatic carbocycles. The molecule has 0 heterocycles. The van der Waals surface area contributed by atoms with Gasteiger partial charge in [-0.1, -0.05) is 3.89 Å². The third-order valence-electron chi connectivity index (χ3n) is 1.70. The van der Waals surface area contributed by atoms with Gasteiger partial charge in [0.05, 0.1) is 0 Å². The average Bonchev–Trinajstić information content (AvgIpc) is 2.15. The summed E-state index contributed by atoms with van der Waals surface area (Å²) in [4.78, 5) is 11.4. The second-order valence-electron chi connectivity index (χ2n) is 4.63. The molecule has 0 fully saturated rings. The van der Waals surface area contributed by atoms with Crippen LogP contribution in [0.15, 0.2) is 24.3 Å². The summed E-state index contributed by atoms with van der Waals surface area (Å²) >= 11 is 0. The molecule has 1 rings (SSSR count). The lowest BCUT2D eigenvalue weighted by Gasteiger charge is -2.19. The molecule has 0 atom stereocenters. The predicted molar refractivity (Wildman–Crippen MR) is 67.0 cm³/mol. The van der Waals surface area contributed by atoms with E-state index in [4.69, 9.17) is 4.74 Å². The van der Waals surface area contributed by atoms with Crippen LogP contribution in [0.2, 0.25) is 0 Å². The fraction of sp³-hybridized carbons (Fsp3) is 0.364. The molecule has 0 saturated heterocycles. The number of ether oxygens (including phenoxy) is 1. The second kappa shape index (κ2) is 5.43. The maximum atomic E-state index is 12.2. The first-order chi connectivity index (χ1) is 8.55. The summed E-state index contributed by atoms with van der Waals surface area (Å²) in [5.41, 5.74) is -0.270. The van der Waals surface area contributed by atoms with Gasteiger partial charge in [0.2, 0.25) is 0 Å². The topological polar surface area (TPSA) is 81.7 Å². The third kappa shape index (κ3) is 6.61. The number of anilines is 1. The molecule has 0 aliphatic heterocycles. The summed E-state index contributed by atoms with van der Waals surface area (Å²) in [6.45, 7) is 5.15. The molecule has 0 radical (unpaired) electrons. The number of carbonyl (C=O) groups excluding carboxylic acids is 1. The van der Waals surface area contributed by atoms with E-state index in [1.165, 1.54) is 24.3 Å². The van der Waals surface area contributed by atoms with Crippen molar-refractivity contribution < 1.29 is 26.0 Å². The molecule has 1 aromatic carbocycles. The van der Waals surface area contributed by atoms with Gasteiger partial charge in [-0.2, -0.15) is 8.42 Å². The van der Waals surface area contributed by atoms with Crippen LogP contribution in [0, 0.1) is 0 Å². The van der Waals surface area contributed by atoms with Gasteiger partial charge in [-0.05, 0) is 45.0 Å². The Morgan fingerprint density at radius 2 is 1.74 bits per heavy atom. The van der Waals surface area contributed by atoms with Crippen LogP contribution in [-0.2, 0) is 15.2 Å². The molecule has 0 aromatic heterocycles. The van der Waals surface area contributed by atoms with E-state index in [9.17, 15) is 17.1 Å². The normalized spacial score (nSPS) is 11.8. The monoisotopic (exact) mass is 291 g/mol. The Labute approximate surface area is 110 Å². The van der Waals surface area contributed by atoms with Crippen LogP contribution in [0.4, 0.5) is 14.4 Å². The summed E-state index contributed by atoms with van der Waals surface area (Å²) in [5, 5.41) is 2.43. The minimum absolute atomic E-state index is 0.197. The average molecular weight is 291 g/mol. The molecule has 8 heteroatoms. The van der Waals surface area contributed by atoms with Crippen molar-refractivity contribution >= 4 is 22.3 Å². The predicted octanol–water partition coefficient (Wildman–Crippen LogP) is 2.63. The van der Waals surface area contributed by atoms with Crippen LogP contribution >= 0.6 is 0 Å². The molecule has 6 nitrogen and oxygen atoms in total. The number of hydrogen-bond donors (Lipinski definition) is 1. The molecule has 0 aliphatic rings. The quantitative estimate of drug-likeness (QED) is 0.866. The van der Waals surface area contributed by atoms with Gasteiger partial charge in [0.1, 0.15) is 11.4 Å². The minimum atomic E-state index is -5.05. The number of halogens is 1. The smallest absolute Gasteiger partial charge is 0.444 e. The second-order valence-corrected chi connectivity index (χ2v) is 5.58. The molecule has 1 N–H and O–H groups in total. The zero-order valence-electron chi connectivity index (χ0n) is 10.6. The highest BCUT2D eigenvalue weighted by molar-refractivity contribution is 7.81. The maximum Gasteiger partial charge on any atom is 0.488 e. The van der Waals surface area contributed by atoms with Crippen LogP contribution in [0.5, 0.6) is 5.75 Å². The third-order valence-corrected chi connectivity index (χ3v) is 2.09. The van der Waals surface area contributed by atoms with Crippen molar-refractivity contribution in [2.24, 2.45) is 0 Å². The number of amides is 1. The van der Waals surface area contributed by atoms with Gasteiger partial charge in [0.15, 0.2) is 0 Å². The van der Waals surface area contributed by atoms with E-state index in [-0.39, 0.29) is 5.75 Å². The summed E-state index contributed by atoms with van der Waals surface area (Å²) in [7, 11) is -5.05. The van der Waals surface area contributed by atoms with Crippen molar-refractivity contribution in [3.05, 3.63) is 24.3 Å². The number of nitrogens with one attached hydrogen (secondary N) is 1. The van der Waals surface area contributed by atoms with Gasteiger partial charge in [-0.3, -0.25) is 5.32 Å². The lowest BCUT2D eigenvalue weighted by Crippen LogP contribution is -2.27. The van der Waals surface area contributed by atoms with E-state index in [2.05, 4.69) is 9.50 Å². The maximum absolute atomic E-state index is 12.2. The lowest BCUT2D eigenvalue weighted by atomic mass is 10.2. The SMILES string of the molecule is CC(C)(C)OC(=O)Nc1ccc(OS(=O)(=O)F)cc1. The Kier molecular flexibility index (Phi) is 4.35. The van der Waals surface area contributed by atoms with Gasteiger partial charge in [0, 0.05) is 5.69 Å². The lowest BCUT2D eigenvalue weighted by molar-refractivity contribution is 0.0636. The Balaban J connectivity index is 2.65. The van der Waals surface area contributed by atoms with E-state index in [1.54, 1.807) is 20.8 Å². The highest BCUT2D eigenvalue weighted by atomic mass is 32.3. The first-order valence-corrected chi connectivity index (χ1v) is 6.60. The van der Waals surface area contributed by atoms with Gasteiger partial charge in [0.25, 0.3) is 0 Å². The highest BCUT2D eigenvalue weighted by Gasteiger charge is 2.16. The molecular formula is C11H14FNO5S. The van der Waals surface area contributed by atoms with E-state index in [0.29, 0.717) is 5.69 Å². The first-order valence-electron chi connectivity index (χ1n) is 5.29. The highest BCUT2D eigenvalue weighted by Crippen LogP contribution is 2.18. The summed E-state index contributed by atoms with van der Waals surface area (Å²) < 4.78 is 41.7. The van der Waals surface area contributed by atoms with Gasteiger partial charge in [-0.25, -0.2) is 4.79 Å². The van der Waals surface area contributed by atoms with E-state index >= 15 is 0 Å². The van der Waals surface area contributed by atoms with Crippen LogP contribution in [-0.4, -0.2) is 20.1 Å². The molecule has 106 valence electrons. The molecule has 0 bridgehead atoms. The number of hydrogen-bond acceptors (Lipinski definition) is 5. The molecule has 0 saturated carbocycles. The van der Waals surface area contributed by atoms with Gasteiger partial charge in [-0.15, -0.1) is 0 Å². The molecule has 19 heavy (non-hydrogen) atoms. The fourth-order valence-corrected chi connectivity index (χ4v) is 1.47. The molecule has 0 spiro atoms. The number of carbonyl (C=O) groups is 1. The Morgan fingerprint density at radius 3 is 2.16 bits per heavy atom. The van der Waals surface area contributed by atoms with Crippen molar-refractivity contribution in [1.82, 2.24) is 0 Å². The van der Waals surface area contributed by atoms with Crippen molar-refractivity contribution in [3.63, 3.8) is 0 Å². The van der Waals surface area contributed by atoms with Crippen molar-refractivity contribution in [2.45, 2.75) is 26.4 Å². The molecular weight excluding hydrogens is 277 g/mol. The zero-order chi connectivity index (χ0) is 14.7. The minimum Gasteiger partial charge on any atom is -0.444 e. The standard InChI is InChI=1S/C11H14FNO5S/c1-11(2,3)17-10(14)13-8-4-6-9(7-5-8)18-19(12,15)16/h4-7H,1-3H3,(H,13,14). The number of rotatable bonds is 3. The molecule has 1 aromatic rings. The van der Waals surface area contributed by atoms with Gasteiger partial charge >= 0.3 is 16.6 Å². The number of benzene rings is 1. The van der Waals surface area contributed by atoms with Crippen molar-refractivity contribution in [3.8, 4) is 5.75 Å².